The molecular weight excluding hydrogens is 427 g/mol. The number of hydrogen-bond acceptors (Lipinski definition) is 2. The zero-order chi connectivity index (χ0) is 18.0. The molecule has 6 heteroatoms. The van der Waals surface area contributed by atoms with Crippen LogP contribution in [0.1, 0.15) is 45.7 Å². The third-order valence-electron chi connectivity index (χ3n) is 3.63. The first kappa shape index (κ1) is 23.7. The maximum absolute atomic E-state index is 11.5. The van der Waals surface area contributed by atoms with Crippen molar-refractivity contribution in [1.29, 1.82) is 0 Å². The van der Waals surface area contributed by atoms with Crippen LogP contribution in [0.4, 0.5) is 0 Å². The summed E-state index contributed by atoms with van der Waals surface area (Å²) in [6.07, 6.45) is 0.913. The predicted molar refractivity (Wildman–Crippen MR) is 117 cm³/mol. The first-order valence-electron chi connectivity index (χ1n) is 8.75. The summed E-state index contributed by atoms with van der Waals surface area (Å²) in [7, 11) is 0. The number of benzene rings is 1. The lowest BCUT2D eigenvalue weighted by atomic mass is 9.86. The van der Waals surface area contributed by atoms with Gasteiger partial charge in [0.15, 0.2) is 5.96 Å². The molecule has 1 aromatic rings. The molecular formula is C19H33IN4O. The third-order valence-corrected chi connectivity index (χ3v) is 3.63. The van der Waals surface area contributed by atoms with Gasteiger partial charge in [0.05, 0.1) is 0 Å². The molecule has 1 aromatic carbocycles. The molecule has 1 rings (SSSR count). The second kappa shape index (κ2) is 12.1. The number of carbonyl (C=O) groups excluding carboxylic acids is 1. The van der Waals surface area contributed by atoms with Gasteiger partial charge in [-0.1, -0.05) is 45.0 Å². The number of carbonyl (C=O) groups is 1. The first-order valence-corrected chi connectivity index (χ1v) is 8.75. The van der Waals surface area contributed by atoms with Gasteiger partial charge in [0.1, 0.15) is 6.54 Å². The van der Waals surface area contributed by atoms with Crippen LogP contribution < -0.4 is 16.0 Å². The minimum atomic E-state index is -0.0625. The fourth-order valence-electron chi connectivity index (χ4n) is 2.24. The number of halogens is 1. The minimum absolute atomic E-state index is 0. The van der Waals surface area contributed by atoms with Crippen molar-refractivity contribution in [3.05, 3.63) is 35.4 Å². The van der Waals surface area contributed by atoms with Gasteiger partial charge in [-0.05, 0) is 36.8 Å². The molecule has 0 saturated heterocycles. The van der Waals surface area contributed by atoms with Crippen LogP contribution in [0.3, 0.4) is 0 Å². The van der Waals surface area contributed by atoms with Gasteiger partial charge in [0.2, 0.25) is 5.91 Å². The van der Waals surface area contributed by atoms with E-state index in [2.05, 4.69) is 66.0 Å². The van der Waals surface area contributed by atoms with Crippen LogP contribution >= 0.6 is 24.0 Å². The summed E-state index contributed by atoms with van der Waals surface area (Å²) < 4.78 is 0. The zero-order valence-corrected chi connectivity index (χ0v) is 18.4. The van der Waals surface area contributed by atoms with Crippen LogP contribution in [0.5, 0.6) is 0 Å². The molecule has 0 unspecified atom stereocenters. The quantitative estimate of drug-likeness (QED) is 0.333. The van der Waals surface area contributed by atoms with Crippen LogP contribution in [-0.4, -0.2) is 38.0 Å². The number of hydrogen-bond donors (Lipinski definition) is 3. The molecule has 25 heavy (non-hydrogen) atoms. The van der Waals surface area contributed by atoms with E-state index >= 15 is 0 Å². The predicted octanol–water partition coefficient (Wildman–Crippen LogP) is 2.84. The molecule has 142 valence electrons. The fourth-order valence-corrected chi connectivity index (χ4v) is 2.24. The number of guanidine groups is 1. The van der Waals surface area contributed by atoms with Gasteiger partial charge < -0.3 is 16.0 Å². The van der Waals surface area contributed by atoms with Crippen molar-refractivity contribution < 1.29 is 4.79 Å². The van der Waals surface area contributed by atoms with E-state index in [1.165, 1.54) is 11.1 Å². The van der Waals surface area contributed by atoms with Gasteiger partial charge in [0.25, 0.3) is 0 Å². The van der Waals surface area contributed by atoms with Crippen molar-refractivity contribution in [1.82, 2.24) is 16.0 Å². The van der Waals surface area contributed by atoms with Crippen molar-refractivity contribution in [2.75, 3.05) is 26.2 Å². The highest BCUT2D eigenvalue weighted by Gasteiger charge is 2.12. The van der Waals surface area contributed by atoms with Crippen molar-refractivity contribution >= 4 is 35.8 Å². The Morgan fingerprint density at radius 3 is 2.12 bits per heavy atom. The van der Waals surface area contributed by atoms with Gasteiger partial charge in [-0.25, -0.2) is 4.99 Å². The maximum atomic E-state index is 11.5. The normalized spacial score (nSPS) is 11.5. The average molecular weight is 460 g/mol. The van der Waals surface area contributed by atoms with E-state index in [-0.39, 0.29) is 41.8 Å². The van der Waals surface area contributed by atoms with Crippen molar-refractivity contribution in [2.45, 2.75) is 46.5 Å². The highest BCUT2D eigenvalue weighted by molar-refractivity contribution is 14.0. The van der Waals surface area contributed by atoms with Crippen LogP contribution in [0, 0.1) is 0 Å². The summed E-state index contributed by atoms with van der Waals surface area (Å²) in [6, 6.07) is 8.76. The minimum Gasteiger partial charge on any atom is -0.357 e. The lowest BCUT2D eigenvalue weighted by Gasteiger charge is -2.19. The van der Waals surface area contributed by atoms with Crippen LogP contribution in [0.25, 0.3) is 0 Å². The Hall–Kier alpha value is -1.31. The Labute approximate surface area is 169 Å². The molecule has 0 aliphatic carbocycles. The monoisotopic (exact) mass is 460 g/mol. The van der Waals surface area contributed by atoms with E-state index in [9.17, 15) is 4.79 Å². The topological polar surface area (TPSA) is 65.5 Å². The van der Waals surface area contributed by atoms with Gasteiger partial charge >= 0.3 is 0 Å². The van der Waals surface area contributed by atoms with Crippen LogP contribution in [-0.2, 0) is 16.6 Å². The Bertz CT molecular complexity index is 535. The number of likely N-dealkylation sites (N-methyl/N-ethyl adjacent to an activating group) is 1. The van der Waals surface area contributed by atoms with Crippen molar-refractivity contribution in [3.63, 3.8) is 0 Å². The van der Waals surface area contributed by atoms with Gasteiger partial charge in [-0.15, -0.1) is 24.0 Å². The van der Waals surface area contributed by atoms with Gasteiger partial charge in [-0.3, -0.25) is 4.79 Å². The van der Waals surface area contributed by atoms with Gasteiger partial charge in [-0.2, -0.15) is 0 Å². The zero-order valence-electron chi connectivity index (χ0n) is 16.1. The summed E-state index contributed by atoms with van der Waals surface area (Å²) in [4.78, 5) is 15.8. The Kier molecular flexibility index (Phi) is 11.5. The molecule has 0 spiro atoms. The maximum Gasteiger partial charge on any atom is 0.241 e. The summed E-state index contributed by atoms with van der Waals surface area (Å²) in [5, 5.41) is 9.17. The lowest BCUT2D eigenvalue weighted by Crippen LogP contribution is -2.39. The average Bonchev–Trinajstić information content (AvgIpc) is 2.52. The molecule has 0 aliphatic heterocycles. The second-order valence-electron chi connectivity index (χ2n) is 6.77. The van der Waals surface area contributed by atoms with E-state index < -0.39 is 0 Å². The largest absolute Gasteiger partial charge is 0.357 e. The molecule has 3 N–H and O–H groups in total. The second-order valence-corrected chi connectivity index (χ2v) is 6.77. The summed E-state index contributed by atoms with van der Waals surface area (Å²) >= 11 is 0. The molecule has 0 bridgehead atoms. The highest BCUT2D eigenvalue weighted by Crippen LogP contribution is 2.22. The van der Waals surface area contributed by atoms with Gasteiger partial charge in [0, 0.05) is 19.6 Å². The summed E-state index contributed by atoms with van der Waals surface area (Å²) in [5.74, 6) is 0.613. The Morgan fingerprint density at radius 1 is 1.00 bits per heavy atom. The summed E-state index contributed by atoms with van der Waals surface area (Å²) in [5.41, 5.74) is 2.81. The molecule has 0 heterocycles. The van der Waals surface area contributed by atoms with Crippen molar-refractivity contribution in [2.24, 2.45) is 4.99 Å². The highest BCUT2D eigenvalue weighted by atomic mass is 127. The third kappa shape index (κ3) is 9.67. The number of nitrogens with zero attached hydrogens (tertiary/aromatic N) is 1. The lowest BCUT2D eigenvalue weighted by molar-refractivity contribution is -0.119. The molecule has 1 amide bonds. The van der Waals surface area contributed by atoms with Crippen LogP contribution in [0.15, 0.2) is 29.3 Å². The summed E-state index contributed by atoms with van der Waals surface area (Å²) in [6.45, 7) is 12.9. The number of rotatable bonds is 7. The van der Waals surface area contributed by atoms with E-state index in [0.717, 1.165) is 19.5 Å². The number of nitrogens with one attached hydrogen (secondary N) is 3. The van der Waals surface area contributed by atoms with E-state index in [1.807, 2.05) is 13.8 Å². The standard InChI is InChI=1S/C19H32N4O.HI/c1-6-20-17(24)14-23-18(21-7-2)22-13-12-15-8-10-16(11-9-15)19(3,4)5;/h8-11H,6-7,12-14H2,1-5H3,(H,20,24)(H2,21,22,23);1H. The first-order chi connectivity index (χ1) is 11.4. The van der Waals surface area contributed by atoms with E-state index in [4.69, 9.17) is 0 Å². The molecule has 0 aliphatic rings. The Morgan fingerprint density at radius 2 is 1.60 bits per heavy atom. The van der Waals surface area contributed by atoms with E-state index in [0.29, 0.717) is 12.5 Å². The van der Waals surface area contributed by atoms with Crippen LogP contribution in [0.2, 0.25) is 0 Å². The SMILES string of the molecule is CCNC(=O)CN=C(NCC)NCCc1ccc(C(C)(C)C)cc1.I. The molecule has 0 saturated carbocycles. The number of amides is 1. The molecule has 0 aromatic heterocycles. The molecule has 0 atom stereocenters. The molecule has 5 nitrogen and oxygen atoms in total. The molecule has 0 fully saturated rings. The fraction of sp³-hybridized carbons (Fsp3) is 0.579. The number of aliphatic imine (C=N–C) groups is 1. The smallest absolute Gasteiger partial charge is 0.241 e. The Balaban J connectivity index is 0.00000576. The molecule has 0 radical (unpaired) electrons. The van der Waals surface area contributed by atoms with E-state index in [1.54, 1.807) is 0 Å². The van der Waals surface area contributed by atoms with Crippen molar-refractivity contribution in [3.8, 4) is 0 Å².